The largest absolute Gasteiger partial charge is 0.497 e. The number of ether oxygens (including phenoxy) is 2. The van der Waals surface area contributed by atoms with Gasteiger partial charge in [0.15, 0.2) is 11.6 Å². The molecule has 1 fully saturated rings. The van der Waals surface area contributed by atoms with Crippen LogP contribution in [-0.4, -0.2) is 57.8 Å². The third-order valence-corrected chi connectivity index (χ3v) is 6.31. The second kappa shape index (κ2) is 11.3. The first kappa shape index (κ1) is 25.2. The number of aromatic nitrogens is 3. The first-order chi connectivity index (χ1) is 17.4. The Morgan fingerprint density at radius 1 is 1.08 bits per heavy atom. The zero-order valence-corrected chi connectivity index (χ0v) is 20.4. The summed E-state index contributed by atoms with van der Waals surface area (Å²) in [5.41, 5.74) is 0.920. The SMILES string of the molecule is COc1ccc(CC(CC(=O)Cn2ccnn2)C(=O)NC(Cc2ccccc2)C(=O)C2(C)CO2)cc1. The fraction of sp³-hybridized carbons (Fsp3) is 0.370. The highest BCUT2D eigenvalue weighted by Crippen LogP contribution is 2.29. The lowest BCUT2D eigenvalue weighted by Crippen LogP contribution is -2.49. The molecule has 3 unspecified atom stereocenters. The molecule has 3 atom stereocenters. The Bertz CT molecular complexity index is 1170. The van der Waals surface area contributed by atoms with Crippen LogP contribution in [0.5, 0.6) is 5.75 Å². The number of hydrogen-bond acceptors (Lipinski definition) is 7. The highest BCUT2D eigenvalue weighted by molar-refractivity contribution is 5.97. The number of nitrogens with one attached hydrogen (secondary N) is 1. The van der Waals surface area contributed by atoms with Crippen molar-refractivity contribution in [2.45, 2.75) is 44.4 Å². The minimum atomic E-state index is -0.888. The van der Waals surface area contributed by atoms with E-state index in [9.17, 15) is 14.4 Å². The smallest absolute Gasteiger partial charge is 0.224 e. The summed E-state index contributed by atoms with van der Waals surface area (Å²) in [6.07, 6.45) is 3.76. The Morgan fingerprint density at radius 2 is 1.78 bits per heavy atom. The molecule has 2 heterocycles. The second-order valence-corrected chi connectivity index (χ2v) is 9.23. The van der Waals surface area contributed by atoms with E-state index in [0.29, 0.717) is 25.2 Å². The standard InChI is InChI=1S/C27H30N4O5/c1-27(18-36-27)25(33)24(15-19-6-4-3-5-7-19)29-26(34)21(14-20-8-10-23(35-2)11-9-20)16-22(32)17-31-13-12-28-30-31/h3-13,21,24H,14-18H2,1-2H3,(H,29,34). The molecule has 9 heteroatoms. The second-order valence-electron chi connectivity index (χ2n) is 9.23. The number of rotatable bonds is 13. The van der Waals surface area contributed by atoms with E-state index in [1.165, 1.54) is 10.9 Å². The van der Waals surface area contributed by atoms with Gasteiger partial charge in [-0.1, -0.05) is 47.7 Å². The monoisotopic (exact) mass is 490 g/mol. The van der Waals surface area contributed by atoms with Crippen molar-refractivity contribution in [1.82, 2.24) is 20.3 Å². The van der Waals surface area contributed by atoms with Crippen molar-refractivity contribution in [3.8, 4) is 5.75 Å². The number of ketones is 2. The maximum atomic E-state index is 13.5. The molecule has 1 saturated heterocycles. The topological polar surface area (TPSA) is 116 Å². The van der Waals surface area contributed by atoms with Crippen LogP contribution < -0.4 is 10.1 Å². The molecule has 2 aromatic carbocycles. The lowest BCUT2D eigenvalue weighted by Gasteiger charge is -2.23. The predicted octanol–water partition coefficient (Wildman–Crippen LogP) is 2.19. The van der Waals surface area contributed by atoms with E-state index in [4.69, 9.17) is 9.47 Å². The molecule has 188 valence electrons. The fourth-order valence-electron chi connectivity index (χ4n) is 4.11. The summed E-state index contributed by atoms with van der Waals surface area (Å²) >= 11 is 0. The Kier molecular flexibility index (Phi) is 7.90. The molecule has 3 aromatic rings. The molecule has 0 spiro atoms. The third kappa shape index (κ3) is 6.63. The molecule has 0 saturated carbocycles. The van der Waals surface area contributed by atoms with Crippen LogP contribution in [0.4, 0.5) is 0 Å². The van der Waals surface area contributed by atoms with E-state index in [1.54, 1.807) is 20.2 Å². The molecule has 1 amide bonds. The number of carbonyl (C=O) groups excluding carboxylic acids is 3. The number of hydrogen-bond donors (Lipinski definition) is 1. The van der Waals surface area contributed by atoms with Gasteiger partial charge in [0, 0.05) is 18.5 Å². The highest BCUT2D eigenvalue weighted by atomic mass is 16.6. The molecule has 0 bridgehead atoms. The zero-order valence-electron chi connectivity index (χ0n) is 20.4. The van der Waals surface area contributed by atoms with Crippen LogP contribution in [0.1, 0.15) is 24.5 Å². The average molecular weight is 491 g/mol. The van der Waals surface area contributed by atoms with Crippen LogP contribution in [0.3, 0.4) is 0 Å². The van der Waals surface area contributed by atoms with Crippen LogP contribution in [-0.2, 0) is 38.5 Å². The van der Waals surface area contributed by atoms with Gasteiger partial charge in [-0.15, -0.1) is 5.10 Å². The average Bonchev–Trinajstić information content (AvgIpc) is 3.43. The van der Waals surface area contributed by atoms with Crippen molar-refractivity contribution in [3.63, 3.8) is 0 Å². The van der Waals surface area contributed by atoms with Crippen molar-refractivity contribution in [2.75, 3.05) is 13.7 Å². The van der Waals surface area contributed by atoms with Gasteiger partial charge >= 0.3 is 0 Å². The van der Waals surface area contributed by atoms with Gasteiger partial charge in [-0.2, -0.15) is 0 Å². The highest BCUT2D eigenvalue weighted by Gasteiger charge is 2.50. The predicted molar refractivity (Wildman–Crippen MR) is 131 cm³/mol. The Morgan fingerprint density at radius 3 is 2.39 bits per heavy atom. The molecule has 36 heavy (non-hydrogen) atoms. The first-order valence-corrected chi connectivity index (χ1v) is 11.9. The number of carbonyl (C=O) groups is 3. The quantitative estimate of drug-likeness (QED) is 0.365. The lowest BCUT2D eigenvalue weighted by atomic mass is 9.91. The first-order valence-electron chi connectivity index (χ1n) is 11.9. The van der Waals surface area contributed by atoms with Crippen molar-refractivity contribution in [3.05, 3.63) is 78.1 Å². The van der Waals surface area contributed by atoms with Crippen LogP contribution in [0.15, 0.2) is 67.0 Å². The van der Waals surface area contributed by atoms with Crippen LogP contribution in [0, 0.1) is 5.92 Å². The molecule has 1 aliphatic heterocycles. The van der Waals surface area contributed by atoms with Gasteiger partial charge in [-0.25, -0.2) is 4.68 Å². The number of nitrogens with zero attached hydrogens (tertiary/aromatic N) is 3. The molecule has 0 radical (unpaired) electrons. The Balaban J connectivity index is 1.52. The molecule has 1 aromatic heterocycles. The van der Waals surface area contributed by atoms with Crippen molar-refractivity contribution in [2.24, 2.45) is 5.92 Å². The number of amides is 1. The molecule has 1 N–H and O–H groups in total. The van der Waals surface area contributed by atoms with Gasteiger partial charge in [0.2, 0.25) is 5.91 Å². The van der Waals surface area contributed by atoms with E-state index in [0.717, 1.165) is 11.1 Å². The van der Waals surface area contributed by atoms with Gasteiger partial charge in [0.1, 0.15) is 17.9 Å². The molecule has 0 aliphatic carbocycles. The van der Waals surface area contributed by atoms with E-state index in [-0.39, 0.29) is 30.4 Å². The van der Waals surface area contributed by atoms with Crippen molar-refractivity contribution < 1.29 is 23.9 Å². The summed E-state index contributed by atoms with van der Waals surface area (Å²) in [5.74, 6) is -0.646. The Hall–Kier alpha value is -3.85. The number of benzene rings is 2. The minimum Gasteiger partial charge on any atom is -0.497 e. The van der Waals surface area contributed by atoms with Gasteiger partial charge in [-0.3, -0.25) is 14.4 Å². The fourth-order valence-corrected chi connectivity index (χ4v) is 4.11. The number of methoxy groups -OCH3 is 1. The number of epoxide rings is 1. The van der Waals surface area contributed by atoms with E-state index in [1.807, 2.05) is 54.6 Å². The van der Waals surface area contributed by atoms with Crippen molar-refractivity contribution in [1.29, 1.82) is 0 Å². The van der Waals surface area contributed by atoms with Crippen LogP contribution in [0.2, 0.25) is 0 Å². The molecular formula is C27H30N4O5. The Labute approximate surface area is 209 Å². The van der Waals surface area contributed by atoms with Crippen LogP contribution in [0.25, 0.3) is 0 Å². The van der Waals surface area contributed by atoms with Gasteiger partial charge in [0.25, 0.3) is 0 Å². The minimum absolute atomic E-state index is 0.00224. The van der Waals surface area contributed by atoms with E-state index >= 15 is 0 Å². The summed E-state index contributed by atoms with van der Waals surface area (Å²) in [7, 11) is 1.59. The summed E-state index contributed by atoms with van der Waals surface area (Å²) in [6.45, 7) is 2.08. The maximum Gasteiger partial charge on any atom is 0.224 e. The zero-order chi connectivity index (χ0) is 25.5. The van der Waals surface area contributed by atoms with Crippen LogP contribution >= 0.6 is 0 Å². The van der Waals surface area contributed by atoms with E-state index in [2.05, 4.69) is 15.6 Å². The normalized spacial score (nSPS) is 18.2. The molecule has 9 nitrogen and oxygen atoms in total. The lowest BCUT2D eigenvalue weighted by molar-refractivity contribution is -0.133. The third-order valence-electron chi connectivity index (χ3n) is 6.31. The number of Topliss-reactive ketones (excluding diaryl/α,β-unsaturated/α-hetero) is 2. The van der Waals surface area contributed by atoms with Gasteiger partial charge in [0.05, 0.1) is 26.0 Å². The molecule has 4 rings (SSSR count). The molecular weight excluding hydrogens is 460 g/mol. The summed E-state index contributed by atoms with van der Waals surface area (Å²) in [4.78, 5) is 39.6. The van der Waals surface area contributed by atoms with Crippen molar-refractivity contribution >= 4 is 17.5 Å². The molecule has 1 aliphatic rings. The van der Waals surface area contributed by atoms with Gasteiger partial charge in [-0.05, 0) is 43.0 Å². The van der Waals surface area contributed by atoms with Gasteiger partial charge < -0.3 is 14.8 Å². The summed E-state index contributed by atoms with van der Waals surface area (Å²) in [6, 6.07) is 16.1. The summed E-state index contributed by atoms with van der Waals surface area (Å²) < 4.78 is 12.0. The summed E-state index contributed by atoms with van der Waals surface area (Å²) in [5, 5.41) is 10.5. The van der Waals surface area contributed by atoms with E-state index < -0.39 is 17.6 Å². The maximum absolute atomic E-state index is 13.5.